The van der Waals surface area contributed by atoms with E-state index in [9.17, 15) is 4.79 Å². The minimum absolute atomic E-state index is 0.371. The van der Waals surface area contributed by atoms with Crippen LogP contribution in [0.1, 0.15) is 0 Å². The van der Waals surface area contributed by atoms with Crippen molar-refractivity contribution in [3.05, 3.63) is 57.5 Å². The summed E-state index contributed by atoms with van der Waals surface area (Å²) in [6.45, 7) is 1.29. The molecule has 0 saturated heterocycles. The highest BCUT2D eigenvalue weighted by atomic mass is 35.5. The van der Waals surface area contributed by atoms with Gasteiger partial charge in [-0.25, -0.2) is 4.79 Å². The largest absolute Gasteiger partial charge is 0.326 e. The predicted octanol–water partition coefficient (Wildman–Crippen LogP) is 4.64. The molecular weight excluding hydrogens is 371 g/mol. The first kappa shape index (κ1) is 16.9. The van der Waals surface area contributed by atoms with Crippen LogP contribution in [0, 0.1) is 0 Å². The van der Waals surface area contributed by atoms with Crippen LogP contribution in [0.2, 0.25) is 15.1 Å². The van der Waals surface area contributed by atoms with E-state index in [1.807, 2.05) is 17.0 Å². The summed E-state index contributed by atoms with van der Waals surface area (Å²) in [6, 6.07) is 11.8. The summed E-state index contributed by atoms with van der Waals surface area (Å²) in [5.74, 6) is 0.481. The first-order valence-corrected chi connectivity index (χ1v) is 8.27. The first-order valence-electron chi connectivity index (χ1n) is 7.13. The van der Waals surface area contributed by atoms with E-state index in [4.69, 9.17) is 34.8 Å². The minimum Gasteiger partial charge on any atom is -0.310 e. The number of amides is 2. The Kier molecular flexibility index (Phi) is 5.14. The highest BCUT2D eigenvalue weighted by Gasteiger charge is 2.20. The number of aliphatic imine (C=N–C) groups is 1. The fraction of sp³-hybridized carbons (Fsp3) is 0.125. The number of benzene rings is 2. The second-order valence-electron chi connectivity index (χ2n) is 5.04. The molecule has 2 N–H and O–H groups in total. The maximum absolute atomic E-state index is 12.2. The van der Waals surface area contributed by atoms with Crippen LogP contribution in [0.3, 0.4) is 0 Å². The van der Waals surface area contributed by atoms with Crippen molar-refractivity contribution in [2.75, 3.05) is 23.3 Å². The van der Waals surface area contributed by atoms with Crippen LogP contribution in [0.4, 0.5) is 16.2 Å². The van der Waals surface area contributed by atoms with Crippen LogP contribution in [-0.4, -0.2) is 25.1 Å². The fourth-order valence-electron chi connectivity index (χ4n) is 2.26. The molecule has 2 aromatic rings. The van der Waals surface area contributed by atoms with E-state index in [1.165, 1.54) is 0 Å². The van der Waals surface area contributed by atoms with Gasteiger partial charge < -0.3 is 10.2 Å². The molecule has 0 bridgehead atoms. The van der Waals surface area contributed by atoms with E-state index in [-0.39, 0.29) is 0 Å². The van der Waals surface area contributed by atoms with Crippen LogP contribution < -0.4 is 15.5 Å². The van der Waals surface area contributed by atoms with Gasteiger partial charge >= 0.3 is 6.03 Å². The van der Waals surface area contributed by atoms with Crippen molar-refractivity contribution in [2.24, 2.45) is 4.99 Å². The van der Waals surface area contributed by atoms with E-state index in [1.54, 1.807) is 30.3 Å². The smallest absolute Gasteiger partial charge is 0.310 e. The molecule has 0 spiro atoms. The predicted molar refractivity (Wildman–Crippen MR) is 99.7 cm³/mol. The van der Waals surface area contributed by atoms with Gasteiger partial charge in [0.25, 0.3) is 0 Å². The number of carbonyl (C=O) groups excluding carboxylic acids is 1. The molecule has 0 unspecified atom stereocenters. The van der Waals surface area contributed by atoms with Crippen molar-refractivity contribution in [2.45, 2.75) is 0 Å². The SMILES string of the molecule is O=C(NC1=NCCN1c1ccc(Cl)cc1)Nc1ccc(Cl)c(Cl)c1. The number of guanidine groups is 1. The number of hydrogen-bond acceptors (Lipinski definition) is 3. The Morgan fingerprint density at radius 3 is 2.46 bits per heavy atom. The van der Waals surface area contributed by atoms with Gasteiger partial charge in [-0.05, 0) is 42.5 Å². The molecule has 124 valence electrons. The normalized spacial score (nSPS) is 13.6. The first-order chi connectivity index (χ1) is 11.5. The summed E-state index contributed by atoms with van der Waals surface area (Å²) < 4.78 is 0. The molecule has 0 radical (unpaired) electrons. The van der Waals surface area contributed by atoms with Gasteiger partial charge in [-0.15, -0.1) is 0 Å². The molecular formula is C16H13Cl3N4O. The van der Waals surface area contributed by atoms with E-state index >= 15 is 0 Å². The number of carbonyl (C=O) groups is 1. The van der Waals surface area contributed by atoms with Crippen molar-refractivity contribution < 1.29 is 4.79 Å². The lowest BCUT2D eigenvalue weighted by molar-refractivity contribution is 0.256. The number of hydrogen-bond donors (Lipinski definition) is 2. The summed E-state index contributed by atoms with van der Waals surface area (Å²) >= 11 is 17.7. The van der Waals surface area contributed by atoms with Gasteiger partial charge in [0, 0.05) is 22.9 Å². The molecule has 8 heteroatoms. The van der Waals surface area contributed by atoms with Crippen LogP contribution in [-0.2, 0) is 0 Å². The fourth-order valence-corrected chi connectivity index (χ4v) is 2.69. The Hall–Kier alpha value is -1.95. The summed E-state index contributed by atoms with van der Waals surface area (Å²) in [6.07, 6.45) is 0. The van der Waals surface area contributed by atoms with Gasteiger partial charge in [0.1, 0.15) is 0 Å². The average Bonchev–Trinajstić information content (AvgIpc) is 2.99. The zero-order valence-corrected chi connectivity index (χ0v) is 14.7. The van der Waals surface area contributed by atoms with Crippen LogP contribution in [0.5, 0.6) is 0 Å². The number of halogens is 3. The van der Waals surface area contributed by atoms with Crippen molar-refractivity contribution in [3.8, 4) is 0 Å². The summed E-state index contributed by atoms with van der Waals surface area (Å²) in [7, 11) is 0. The zero-order valence-electron chi connectivity index (χ0n) is 12.4. The summed E-state index contributed by atoms with van der Waals surface area (Å²) in [4.78, 5) is 18.4. The van der Waals surface area contributed by atoms with E-state index in [2.05, 4.69) is 15.6 Å². The molecule has 5 nitrogen and oxygen atoms in total. The third kappa shape index (κ3) is 3.93. The van der Waals surface area contributed by atoms with Crippen LogP contribution in [0.25, 0.3) is 0 Å². The number of urea groups is 1. The van der Waals surface area contributed by atoms with E-state index < -0.39 is 6.03 Å². The second-order valence-corrected chi connectivity index (χ2v) is 6.29. The Morgan fingerprint density at radius 2 is 1.75 bits per heavy atom. The molecule has 1 heterocycles. The topological polar surface area (TPSA) is 56.7 Å². The molecule has 3 rings (SSSR count). The van der Waals surface area contributed by atoms with Crippen molar-refractivity contribution in [3.63, 3.8) is 0 Å². The quantitative estimate of drug-likeness (QED) is 0.793. The Labute approximate surface area is 154 Å². The molecule has 1 aliphatic heterocycles. The number of rotatable bonds is 2. The Morgan fingerprint density at radius 1 is 1.00 bits per heavy atom. The Balaban J connectivity index is 1.66. The Bertz CT molecular complexity index is 792. The molecule has 0 fully saturated rings. The zero-order chi connectivity index (χ0) is 17.1. The maximum atomic E-state index is 12.2. The summed E-state index contributed by atoms with van der Waals surface area (Å²) in [5, 5.41) is 6.89. The monoisotopic (exact) mass is 382 g/mol. The molecule has 24 heavy (non-hydrogen) atoms. The molecule has 1 aliphatic rings. The average molecular weight is 384 g/mol. The number of nitrogens with one attached hydrogen (secondary N) is 2. The van der Waals surface area contributed by atoms with E-state index in [0.29, 0.717) is 39.8 Å². The number of nitrogens with zero attached hydrogens (tertiary/aromatic N) is 2. The highest BCUT2D eigenvalue weighted by Crippen LogP contribution is 2.25. The van der Waals surface area contributed by atoms with Gasteiger partial charge in [-0.1, -0.05) is 34.8 Å². The molecule has 2 aromatic carbocycles. The standard InChI is InChI=1S/C16H13Cl3N4O/c17-10-1-4-12(5-2-10)23-8-7-20-15(23)22-16(24)21-11-3-6-13(18)14(19)9-11/h1-6,9H,7-8H2,(H2,20,21,22,24). The minimum atomic E-state index is -0.409. The lowest BCUT2D eigenvalue weighted by Gasteiger charge is -2.20. The number of anilines is 2. The lowest BCUT2D eigenvalue weighted by Crippen LogP contribution is -2.43. The van der Waals surface area contributed by atoms with Gasteiger partial charge in [0.2, 0.25) is 5.96 Å². The molecule has 0 aromatic heterocycles. The van der Waals surface area contributed by atoms with Crippen molar-refractivity contribution in [1.82, 2.24) is 5.32 Å². The van der Waals surface area contributed by atoms with Crippen molar-refractivity contribution >= 4 is 58.2 Å². The lowest BCUT2D eigenvalue weighted by atomic mass is 10.3. The molecule has 0 aliphatic carbocycles. The molecule has 0 atom stereocenters. The molecule has 0 saturated carbocycles. The van der Waals surface area contributed by atoms with Gasteiger partial charge in [-0.2, -0.15) is 0 Å². The van der Waals surface area contributed by atoms with E-state index in [0.717, 1.165) is 5.69 Å². The highest BCUT2D eigenvalue weighted by molar-refractivity contribution is 6.42. The maximum Gasteiger partial charge on any atom is 0.326 e. The third-order valence-electron chi connectivity index (χ3n) is 3.38. The van der Waals surface area contributed by atoms with Gasteiger partial charge in [0.15, 0.2) is 0 Å². The summed E-state index contributed by atoms with van der Waals surface area (Å²) in [5.41, 5.74) is 1.45. The van der Waals surface area contributed by atoms with Gasteiger partial charge in [-0.3, -0.25) is 10.3 Å². The second kappa shape index (κ2) is 7.30. The van der Waals surface area contributed by atoms with Crippen LogP contribution in [0.15, 0.2) is 47.5 Å². The van der Waals surface area contributed by atoms with Crippen molar-refractivity contribution in [1.29, 1.82) is 0 Å². The van der Waals surface area contributed by atoms with Crippen LogP contribution >= 0.6 is 34.8 Å². The third-order valence-corrected chi connectivity index (χ3v) is 4.37. The molecule has 2 amide bonds. The van der Waals surface area contributed by atoms with Gasteiger partial charge in [0.05, 0.1) is 16.6 Å².